The average molecular weight is 306 g/mol. The van der Waals surface area contributed by atoms with Crippen LogP contribution in [-0.2, 0) is 13.5 Å². The number of aromatic nitrogens is 2. The Morgan fingerprint density at radius 1 is 1.22 bits per heavy atom. The monoisotopic (exact) mass is 305 g/mol. The Bertz CT molecular complexity index is 557. The minimum absolute atomic E-state index is 1.05. The predicted octanol–water partition coefficient (Wildman–Crippen LogP) is 3.60. The summed E-state index contributed by atoms with van der Waals surface area (Å²) in [5.41, 5.74) is 3.67. The molecule has 0 atom stereocenters. The lowest BCUT2D eigenvalue weighted by molar-refractivity contribution is 0.757. The maximum atomic E-state index is 4.67. The quantitative estimate of drug-likeness (QED) is 0.872. The lowest BCUT2D eigenvalue weighted by Crippen LogP contribution is -2.04. The second kappa shape index (κ2) is 4.76. The van der Waals surface area contributed by atoms with Gasteiger partial charge >= 0.3 is 0 Å². The van der Waals surface area contributed by atoms with E-state index in [1.807, 2.05) is 11.7 Å². The molecule has 0 aliphatic carbocycles. The van der Waals surface area contributed by atoms with Gasteiger partial charge in [0.05, 0.1) is 5.69 Å². The van der Waals surface area contributed by atoms with Gasteiger partial charge in [-0.1, -0.05) is 28.1 Å². The highest BCUT2D eigenvalue weighted by Gasteiger charge is 2.18. The van der Waals surface area contributed by atoms with Gasteiger partial charge in [0, 0.05) is 29.2 Å². The first kappa shape index (κ1) is 11.8. The van der Waals surface area contributed by atoms with E-state index in [4.69, 9.17) is 0 Å². The number of hydrogen-bond acceptors (Lipinski definition) is 2. The molecule has 0 amide bonds. The fraction of sp³-hybridized carbons (Fsp3) is 0.357. The third-order valence-electron chi connectivity index (χ3n) is 3.41. The molecule has 0 bridgehead atoms. The van der Waals surface area contributed by atoms with E-state index in [0.29, 0.717) is 0 Å². The Kier molecular flexibility index (Phi) is 3.12. The normalized spacial score (nSPS) is 14.8. The van der Waals surface area contributed by atoms with Crippen LogP contribution in [0.4, 0.5) is 5.82 Å². The first-order chi connectivity index (χ1) is 8.75. The lowest BCUT2D eigenvalue weighted by atomic mass is 10.0. The van der Waals surface area contributed by atoms with Crippen molar-refractivity contribution < 1.29 is 0 Å². The Balaban J connectivity index is 2.09. The molecule has 0 radical (unpaired) electrons. The maximum Gasteiger partial charge on any atom is 0.127 e. The van der Waals surface area contributed by atoms with Crippen LogP contribution in [0.25, 0.3) is 11.3 Å². The van der Waals surface area contributed by atoms with Crippen molar-refractivity contribution in [1.29, 1.82) is 0 Å². The highest BCUT2D eigenvalue weighted by atomic mass is 79.9. The number of aryl methyl sites for hydroxylation is 1. The Hall–Kier alpha value is -1.29. The van der Waals surface area contributed by atoms with Gasteiger partial charge in [-0.3, -0.25) is 4.68 Å². The van der Waals surface area contributed by atoms with Crippen LogP contribution in [0.1, 0.15) is 18.4 Å². The van der Waals surface area contributed by atoms with Crippen LogP contribution < -0.4 is 5.32 Å². The van der Waals surface area contributed by atoms with E-state index in [0.717, 1.165) is 23.1 Å². The molecule has 1 aromatic heterocycles. The minimum atomic E-state index is 1.05. The first-order valence-corrected chi connectivity index (χ1v) is 7.10. The molecule has 2 heterocycles. The molecule has 0 saturated heterocycles. The van der Waals surface area contributed by atoms with Crippen molar-refractivity contribution in [2.75, 3.05) is 11.9 Å². The summed E-state index contributed by atoms with van der Waals surface area (Å²) in [4.78, 5) is 0. The van der Waals surface area contributed by atoms with Gasteiger partial charge in [-0.2, -0.15) is 5.10 Å². The molecule has 18 heavy (non-hydrogen) atoms. The minimum Gasteiger partial charge on any atom is -0.370 e. The molecule has 94 valence electrons. The molecule has 1 N–H and O–H groups in total. The molecule has 0 unspecified atom stereocenters. The SMILES string of the molecule is Cn1nc(-c2ccc(Br)cc2)c2c1NCCCC2. The number of halogens is 1. The Morgan fingerprint density at radius 3 is 2.78 bits per heavy atom. The van der Waals surface area contributed by atoms with Crippen LogP contribution in [0.5, 0.6) is 0 Å². The molecule has 1 aliphatic rings. The van der Waals surface area contributed by atoms with Crippen LogP contribution >= 0.6 is 15.9 Å². The number of benzene rings is 1. The van der Waals surface area contributed by atoms with Crippen molar-refractivity contribution in [1.82, 2.24) is 9.78 Å². The van der Waals surface area contributed by atoms with E-state index < -0.39 is 0 Å². The van der Waals surface area contributed by atoms with Crippen molar-refractivity contribution in [2.45, 2.75) is 19.3 Å². The summed E-state index contributed by atoms with van der Waals surface area (Å²) in [5.74, 6) is 1.19. The largest absolute Gasteiger partial charge is 0.370 e. The molecule has 3 nitrogen and oxygen atoms in total. The summed E-state index contributed by atoms with van der Waals surface area (Å²) in [6.45, 7) is 1.05. The van der Waals surface area contributed by atoms with Crippen molar-refractivity contribution in [3.63, 3.8) is 0 Å². The molecule has 1 aromatic carbocycles. The summed E-state index contributed by atoms with van der Waals surface area (Å²) < 4.78 is 3.07. The van der Waals surface area contributed by atoms with Gasteiger partial charge in [-0.15, -0.1) is 0 Å². The van der Waals surface area contributed by atoms with Crippen molar-refractivity contribution in [3.8, 4) is 11.3 Å². The standard InChI is InChI=1S/C14H16BrN3/c1-18-14-12(4-2-3-9-16-14)13(17-18)10-5-7-11(15)8-6-10/h5-8,16H,2-4,9H2,1H3. The zero-order valence-corrected chi connectivity index (χ0v) is 12.0. The molecule has 0 saturated carbocycles. The Labute approximate surface area is 115 Å². The van der Waals surface area contributed by atoms with E-state index in [1.54, 1.807) is 0 Å². The van der Waals surface area contributed by atoms with Crippen LogP contribution in [0.15, 0.2) is 28.7 Å². The predicted molar refractivity (Wildman–Crippen MR) is 77.8 cm³/mol. The smallest absolute Gasteiger partial charge is 0.127 e. The fourth-order valence-electron chi connectivity index (χ4n) is 2.50. The summed E-state index contributed by atoms with van der Waals surface area (Å²) >= 11 is 3.47. The zero-order valence-electron chi connectivity index (χ0n) is 10.4. The van der Waals surface area contributed by atoms with Crippen molar-refractivity contribution in [2.24, 2.45) is 7.05 Å². The van der Waals surface area contributed by atoms with E-state index in [9.17, 15) is 0 Å². The summed E-state index contributed by atoms with van der Waals surface area (Å²) in [6.07, 6.45) is 3.57. The van der Waals surface area contributed by atoms with Gasteiger partial charge < -0.3 is 5.32 Å². The average Bonchev–Trinajstić information content (AvgIpc) is 2.56. The van der Waals surface area contributed by atoms with E-state index in [2.05, 4.69) is 50.6 Å². The molecule has 0 spiro atoms. The van der Waals surface area contributed by atoms with Crippen LogP contribution in [0.3, 0.4) is 0 Å². The number of nitrogens with zero attached hydrogens (tertiary/aromatic N) is 2. The molecule has 1 aliphatic heterocycles. The number of hydrogen-bond donors (Lipinski definition) is 1. The van der Waals surface area contributed by atoms with Gasteiger partial charge in [-0.05, 0) is 31.4 Å². The summed E-state index contributed by atoms with van der Waals surface area (Å²) in [7, 11) is 2.01. The molecular weight excluding hydrogens is 290 g/mol. The number of anilines is 1. The number of rotatable bonds is 1. The third-order valence-corrected chi connectivity index (χ3v) is 3.94. The van der Waals surface area contributed by atoms with E-state index in [-0.39, 0.29) is 0 Å². The maximum absolute atomic E-state index is 4.67. The van der Waals surface area contributed by atoms with Gasteiger partial charge in [0.15, 0.2) is 0 Å². The highest BCUT2D eigenvalue weighted by molar-refractivity contribution is 9.10. The summed E-state index contributed by atoms with van der Waals surface area (Å²) in [5, 5.41) is 8.16. The first-order valence-electron chi connectivity index (χ1n) is 6.31. The molecule has 4 heteroatoms. The Morgan fingerprint density at radius 2 is 2.00 bits per heavy atom. The zero-order chi connectivity index (χ0) is 12.5. The van der Waals surface area contributed by atoms with Crippen LogP contribution in [0.2, 0.25) is 0 Å². The third kappa shape index (κ3) is 2.05. The lowest BCUT2D eigenvalue weighted by Gasteiger charge is -2.04. The van der Waals surface area contributed by atoms with Gasteiger partial charge in [0.2, 0.25) is 0 Å². The van der Waals surface area contributed by atoms with Gasteiger partial charge in [-0.25, -0.2) is 0 Å². The second-order valence-corrected chi connectivity index (χ2v) is 5.61. The topological polar surface area (TPSA) is 29.9 Å². The fourth-order valence-corrected chi connectivity index (χ4v) is 2.76. The molecule has 2 aromatic rings. The van der Waals surface area contributed by atoms with Gasteiger partial charge in [0.25, 0.3) is 0 Å². The molecular formula is C14H16BrN3. The highest BCUT2D eigenvalue weighted by Crippen LogP contribution is 2.31. The number of fused-ring (bicyclic) bond motifs is 1. The molecule has 0 fully saturated rings. The van der Waals surface area contributed by atoms with Crippen LogP contribution in [0, 0.1) is 0 Å². The second-order valence-electron chi connectivity index (χ2n) is 4.69. The van der Waals surface area contributed by atoms with E-state index >= 15 is 0 Å². The molecule has 3 rings (SSSR count). The van der Waals surface area contributed by atoms with E-state index in [1.165, 1.54) is 29.8 Å². The van der Waals surface area contributed by atoms with Crippen molar-refractivity contribution >= 4 is 21.7 Å². The van der Waals surface area contributed by atoms with Gasteiger partial charge in [0.1, 0.15) is 5.82 Å². The number of nitrogens with one attached hydrogen (secondary N) is 1. The van der Waals surface area contributed by atoms with Crippen LogP contribution in [-0.4, -0.2) is 16.3 Å². The van der Waals surface area contributed by atoms with Crippen molar-refractivity contribution in [3.05, 3.63) is 34.3 Å². The summed E-state index contributed by atoms with van der Waals surface area (Å²) in [6, 6.07) is 8.39.